The second kappa shape index (κ2) is 1.11. The first-order valence-electron chi connectivity index (χ1n) is 4.34. The van der Waals surface area contributed by atoms with Crippen molar-refractivity contribution in [1.82, 2.24) is 0 Å². The molecule has 0 aromatic rings. The number of hydrogen-bond donors (Lipinski definition) is 0. The lowest BCUT2D eigenvalue weighted by Crippen LogP contribution is -2.21. The molecule has 0 amide bonds. The van der Waals surface area contributed by atoms with Crippen molar-refractivity contribution in [1.29, 1.82) is 0 Å². The monoisotopic (exact) mass is 134 g/mol. The van der Waals surface area contributed by atoms with Gasteiger partial charge in [-0.15, -0.1) is 6.58 Å². The molecule has 2 atom stereocenters. The highest BCUT2D eigenvalue weighted by Gasteiger charge is 2.79. The molecule has 0 heterocycles. The Labute approximate surface area is 62.3 Å². The van der Waals surface area contributed by atoms with E-state index in [2.05, 4.69) is 19.6 Å². The minimum atomic E-state index is 0.722. The first-order chi connectivity index (χ1) is 4.72. The Balaban J connectivity index is 2.07. The average molecular weight is 134 g/mol. The summed E-state index contributed by atoms with van der Waals surface area (Å²) in [6, 6.07) is 0. The van der Waals surface area contributed by atoms with Crippen molar-refractivity contribution in [3.8, 4) is 0 Å². The van der Waals surface area contributed by atoms with Crippen LogP contribution in [0.25, 0.3) is 0 Å². The Kier molecular flexibility index (Phi) is 0.598. The molecular formula is C10H14. The van der Waals surface area contributed by atoms with Gasteiger partial charge in [0.2, 0.25) is 0 Å². The summed E-state index contributed by atoms with van der Waals surface area (Å²) in [5, 5.41) is 0. The fourth-order valence-electron chi connectivity index (χ4n) is 3.91. The minimum Gasteiger partial charge on any atom is -0.103 e. The molecule has 0 radical (unpaired) electrons. The molecule has 1 spiro atoms. The fourth-order valence-corrected chi connectivity index (χ4v) is 3.91. The Morgan fingerprint density at radius 2 is 2.20 bits per heavy atom. The van der Waals surface area contributed by atoms with Crippen LogP contribution in [0.4, 0.5) is 0 Å². The second-order valence-electron chi connectivity index (χ2n) is 4.80. The quantitative estimate of drug-likeness (QED) is 0.483. The summed E-state index contributed by atoms with van der Waals surface area (Å²) in [6.45, 7) is 6.40. The smallest absolute Gasteiger partial charge is 0.0148 e. The van der Waals surface area contributed by atoms with Gasteiger partial charge >= 0.3 is 0 Å². The van der Waals surface area contributed by atoms with E-state index >= 15 is 0 Å². The van der Waals surface area contributed by atoms with Gasteiger partial charge in [-0.05, 0) is 41.9 Å². The van der Waals surface area contributed by atoms with Crippen LogP contribution >= 0.6 is 0 Å². The summed E-state index contributed by atoms with van der Waals surface area (Å²) in [5.41, 5.74) is 1.57. The molecular weight excluding hydrogens is 120 g/mol. The van der Waals surface area contributed by atoms with Crippen LogP contribution in [-0.2, 0) is 0 Å². The highest BCUT2D eigenvalue weighted by molar-refractivity contribution is 5.31. The van der Waals surface area contributed by atoms with Gasteiger partial charge in [-0.1, -0.05) is 13.0 Å². The van der Waals surface area contributed by atoms with Crippen LogP contribution in [0.1, 0.15) is 26.2 Å². The molecule has 4 rings (SSSR count). The summed E-state index contributed by atoms with van der Waals surface area (Å²) in [6.07, 6.45) is 6.78. The second-order valence-corrected chi connectivity index (χ2v) is 4.80. The van der Waals surface area contributed by atoms with Crippen LogP contribution in [0.2, 0.25) is 0 Å². The Morgan fingerprint density at radius 3 is 2.40 bits per heavy atom. The summed E-state index contributed by atoms with van der Waals surface area (Å²) < 4.78 is 0. The summed E-state index contributed by atoms with van der Waals surface area (Å²) in [7, 11) is 0. The Bertz CT molecular complexity index is 205. The third-order valence-electron chi connectivity index (χ3n) is 4.60. The van der Waals surface area contributed by atoms with Crippen LogP contribution < -0.4 is 0 Å². The third kappa shape index (κ3) is 0.291. The lowest BCUT2D eigenvalue weighted by Gasteiger charge is -2.30. The van der Waals surface area contributed by atoms with E-state index in [0.717, 1.165) is 22.7 Å². The van der Waals surface area contributed by atoms with Gasteiger partial charge in [-0.25, -0.2) is 0 Å². The standard InChI is InChI=1S/C10H14/c1-3-8-7-4-10(5-7)6-9(8,10)2/h3,7-8H,1,4-6H2,2H3. The highest BCUT2D eigenvalue weighted by atomic mass is 14.8. The van der Waals surface area contributed by atoms with Crippen molar-refractivity contribution >= 4 is 0 Å². The van der Waals surface area contributed by atoms with E-state index in [1.165, 1.54) is 19.3 Å². The van der Waals surface area contributed by atoms with E-state index in [1.807, 2.05) is 0 Å². The zero-order valence-electron chi connectivity index (χ0n) is 6.56. The molecule has 0 N–H and O–H groups in total. The molecule has 0 heteroatoms. The number of rotatable bonds is 1. The average Bonchev–Trinajstić information content (AvgIpc) is 2.27. The molecule has 2 unspecified atom stereocenters. The third-order valence-corrected chi connectivity index (χ3v) is 4.60. The summed E-state index contributed by atoms with van der Waals surface area (Å²) >= 11 is 0. The molecule has 0 aromatic heterocycles. The molecule has 0 saturated heterocycles. The molecule has 4 fully saturated rings. The fraction of sp³-hybridized carbons (Fsp3) is 0.800. The van der Waals surface area contributed by atoms with Gasteiger partial charge in [0.1, 0.15) is 0 Å². The molecule has 2 bridgehead atoms. The van der Waals surface area contributed by atoms with Crippen LogP contribution in [0, 0.1) is 22.7 Å². The SMILES string of the molecule is C=CC1C2CC3(C2)CC13C. The van der Waals surface area contributed by atoms with E-state index in [4.69, 9.17) is 0 Å². The normalized spacial score (nSPS) is 68.5. The van der Waals surface area contributed by atoms with E-state index in [0.29, 0.717) is 0 Å². The molecule has 0 aliphatic heterocycles. The summed E-state index contributed by atoms with van der Waals surface area (Å²) in [5.74, 6) is 1.92. The van der Waals surface area contributed by atoms with Gasteiger partial charge in [0.05, 0.1) is 0 Å². The van der Waals surface area contributed by atoms with Crippen molar-refractivity contribution in [3.05, 3.63) is 12.7 Å². The first kappa shape index (κ1) is 5.40. The predicted molar refractivity (Wildman–Crippen MR) is 41.6 cm³/mol. The largest absolute Gasteiger partial charge is 0.103 e. The van der Waals surface area contributed by atoms with Crippen molar-refractivity contribution < 1.29 is 0 Å². The lowest BCUT2D eigenvalue weighted by molar-refractivity contribution is 0.210. The first-order valence-corrected chi connectivity index (χ1v) is 4.34. The summed E-state index contributed by atoms with van der Waals surface area (Å²) in [4.78, 5) is 0. The van der Waals surface area contributed by atoms with Crippen molar-refractivity contribution in [2.75, 3.05) is 0 Å². The molecule has 4 aliphatic rings. The van der Waals surface area contributed by atoms with Gasteiger partial charge < -0.3 is 0 Å². The lowest BCUT2D eigenvalue weighted by atomic mass is 9.74. The number of hydrogen-bond acceptors (Lipinski definition) is 0. The zero-order valence-corrected chi connectivity index (χ0v) is 6.56. The Hall–Kier alpha value is -0.260. The maximum absolute atomic E-state index is 3.94. The predicted octanol–water partition coefficient (Wildman–Crippen LogP) is 2.61. The maximum atomic E-state index is 3.94. The van der Waals surface area contributed by atoms with Crippen LogP contribution in [0.15, 0.2) is 12.7 Å². The highest BCUT2D eigenvalue weighted by Crippen LogP contribution is 2.87. The molecule has 0 nitrogen and oxygen atoms in total. The van der Waals surface area contributed by atoms with E-state index in [-0.39, 0.29) is 0 Å². The van der Waals surface area contributed by atoms with E-state index in [9.17, 15) is 0 Å². The molecule has 10 heavy (non-hydrogen) atoms. The molecule has 4 saturated carbocycles. The van der Waals surface area contributed by atoms with Crippen LogP contribution in [0.3, 0.4) is 0 Å². The molecule has 0 aromatic carbocycles. The van der Waals surface area contributed by atoms with Crippen LogP contribution in [-0.4, -0.2) is 0 Å². The zero-order chi connectivity index (χ0) is 6.98. The van der Waals surface area contributed by atoms with E-state index in [1.54, 1.807) is 0 Å². The van der Waals surface area contributed by atoms with E-state index < -0.39 is 0 Å². The van der Waals surface area contributed by atoms with Gasteiger partial charge in [0.25, 0.3) is 0 Å². The van der Waals surface area contributed by atoms with Crippen LogP contribution in [0.5, 0.6) is 0 Å². The Morgan fingerprint density at radius 1 is 1.50 bits per heavy atom. The minimum absolute atomic E-state index is 0.722. The van der Waals surface area contributed by atoms with Crippen molar-refractivity contribution in [3.63, 3.8) is 0 Å². The topological polar surface area (TPSA) is 0 Å². The maximum Gasteiger partial charge on any atom is -0.0148 e. The van der Waals surface area contributed by atoms with Crippen molar-refractivity contribution in [2.24, 2.45) is 22.7 Å². The van der Waals surface area contributed by atoms with Gasteiger partial charge in [0.15, 0.2) is 0 Å². The van der Waals surface area contributed by atoms with Gasteiger partial charge in [-0.2, -0.15) is 0 Å². The van der Waals surface area contributed by atoms with Crippen molar-refractivity contribution in [2.45, 2.75) is 26.2 Å². The van der Waals surface area contributed by atoms with Gasteiger partial charge in [0, 0.05) is 0 Å². The molecule has 4 aliphatic carbocycles. The molecule has 54 valence electrons. The van der Waals surface area contributed by atoms with Gasteiger partial charge in [-0.3, -0.25) is 0 Å². The number of allylic oxidation sites excluding steroid dienone is 1.